The Bertz CT molecular complexity index is 740. The first kappa shape index (κ1) is 15.3. The molecule has 0 aliphatic carbocycles. The number of para-hydroxylation sites is 1. The molecular weight excluding hydrogens is 309 g/mol. The summed E-state index contributed by atoms with van der Waals surface area (Å²) in [5.74, 6) is 0.330. The number of anilines is 1. The van der Waals surface area contributed by atoms with Crippen LogP contribution in [0.15, 0.2) is 35.5 Å². The second kappa shape index (κ2) is 5.35. The molecule has 0 atom stereocenters. The molecule has 1 aromatic heterocycles. The van der Waals surface area contributed by atoms with Crippen molar-refractivity contribution >= 4 is 15.5 Å². The van der Waals surface area contributed by atoms with E-state index >= 15 is 0 Å². The third-order valence-corrected chi connectivity index (χ3v) is 4.11. The maximum Gasteiger partial charge on any atom is 0.501 e. The van der Waals surface area contributed by atoms with Gasteiger partial charge in [-0.1, -0.05) is 12.1 Å². The minimum absolute atomic E-state index is 0.00519. The lowest BCUT2D eigenvalue weighted by molar-refractivity contribution is -0.0435. The van der Waals surface area contributed by atoms with Crippen molar-refractivity contribution in [1.82, 2.24) is 14.8 Å². The highest BCUT2D eigenvalue weighted by Gasteiger charge is 2.47. The van der Waals surface area contributed by atoms with Gasteiger partial charge in [-0.05, 0) is 12.1 Å². The van der Waals surface area contributed by atoms with E-state index in [0.29, 0.717) is 5.82 Å². The molecule has 6 nitrogen and oxygen atoms in total. The van der Waals surface area contributed by atoms with Crippen LogP contribution in [0.1, 0.15) is 5.82 Å². The maximum atomic E-state index is 12.6. The Labute approximate surface area is 118 Å². The lowest BCUT2D eigenvalue weighted by atomic mass is 10.3. The molecule has 0 amide bonds. The molecule has 0 unspecified atom stereocenters. The molecule has 114 valence electrons. The van der Waals surface area contributed by atoms with Crippen LogP contribution < -0.4 is 5.32 Å². The summed E-state index contributed by atoms with van der Waals surface area (Å²) < 4.78 is 62.3. The van der Waals surface area contributed by atoms with E-state index < -0.39 is 20.2 Å². The highest BCUT2D eigenvalue weighted by Crippen LogP contribution is 2.34. The van der Waals surface area contributed by atoms with Crippen molar-refractivity contribution in [2.24, 2.45) is 7.05 Å². The second-order valence-corrected chi connectivity index (χ2v) is 6.04. The molecule has 0 aliphatic heterocycles. The molecule has 1 heterocycles. The number of alkyl halides is 3. The first-order chi connectivity index (χ1) is 9.72. The van der Waals surface area contributed by atoms with Crippen molar-refractivity contribution in [3.8, 4) is 0 Å². The van der Waals surface area contributed by atoms with Crippen LogP contribution in [0.3, 0.4) is 0 Å². The molecule has 0 bridgehead atoms. The first-order valence-corrected chi connectivity index (χ1v) is 7.19. The monoisotopic (exact) mass is 320 g/mol. The number of aromatic nitrogens is 3. The van der Waals surface area contributed by atoms with Gasteiger partial charge in [-0.15, -0.1) is 0 Å². The highest BCUT2D eigenvalue weighted by molar-refractivity contribution is 7.92. The van der Waals surface area contributed by atoms with E-state index in [9.17, 15) is 21.6 Å². The molecule has 2 aromatic rings. The molecule has 0 fully saturated rings. The van der Waals surface area contributed by atoms with Crippen LogP contribution in [0.25, 0.3) is 0 Å². The number of hydrogen-bond acceptors (Lipinski definition) is 5. The van der Waals surface area contributed by atoms with Crippen LogP contribution in [0.5, 0.6) is 0 Å². The number of halogens is 3. The van der Waals surface area contributed by atoms with Crippen LogP contribution in [0.4, 0.5) is 18.9 Å². The Morgan fingerprint density at radius 1 is 1.29 bits per heavy atom. The molecule has 0 radical (unpaired) electrons. The number of nitrogens with zero attached hydrogens (tertiary/aromatic N) is 3. The summed E-state index contributed by atoms with van der Waals surface area (Å²) in [5, 5.41) is 6.54. The number of hydrogen-bond donors (Lipinski definition) is 1. The van der Waals surface area contributed by atoms with Crippen LogP contribution in [-0.2, 0) is 23.4 Å². The van der Waals surface area contributed by atoms with Gasteiger partial charge in [0.15, 0.2) is 5.82 Å². The van der Waals surface area contributed by atoms with Gasteiger partial charge >= 0.3 is 5.51 Å². The molecule has 1 N–H and O–H groups in total. The zero-order chi connectivity index (χ0) is 15.7. The molecule has 0 saturated heterocycles. The molecule has 0 saturated carbocycles. The fourth-order valence-electron chi connectivity index (χ4n) is 1.61. The van der Waals surface area contributed by atoms with E-state index in [0.717, 1.165) is 6.07 Å². The average Bonchev–Trinajstić information content (AvgIpc) is 2.81. The minimum atomic E-state index is -5.41. The Balaban J connectivity index is 2.30. The largest absolute Gasteiger partial charge is 0.501 e. The number of sulfone groups is 1. The van der Waals surface area contributed by atoms with Crippen molar-refractivity contribution in [2.75, 3.05) is 5.32 Å². The maximum absolute atomic E-state index is 12.6. The van der Waals surface area contributed by atoms with Gasteiger partial charge in [-0.25, -0.2) is 13.4 Å². The third-order valence-electron chi connectivity index (χ3n) is 2.57. The van der Waals surface area contributed by atoms with Gasteiger partial charge in [-0.2, -0.15) is 18.3 Å². The van der Waals surface area contributed by atoms with Crippen LogP contribution >= 0.6 is 0 Å². The summed E-state index contributed by atoms with van der Waals surface area (Å²) in [4.78, 5) is 3.06. The van der Waals surface area contributed by atoms with Crippen LogP contribution in [-0.4, -0.2) is 28.7 Å². The van der Waals surface area contributed by atoms with E-state index in [1.807, 2.05) is 0 Å². The van der Waals surface area contributed by atoms with Crippen LogP contribution in [0.2, 0.25) is 0 Å². The number of nitrogens with one attached hydrogen (secondary N) is 1. The molecule has 10 heteroatoms. The molecule has 21 heavy (non-hydrogen) atoms. The fourth-order valence-corrected chi connectivity index (χ4v) is 2.55. The van der Waals surface area contributed by atoms with Gasteiger partial charge in [0, 0.05) is 7.05 Å². The number of aryl methyl sites for hydroxylation is 1. The predicted molar refractivity (Wildman–Crippen MR) is 68.0 cm³/mol. The van der Waals surface area contributed by atoms with Gasteiger partial charge in [-0.3, -0.25) is 4.68 Å². The van der Waals surface area contributed by atoms with Gasteiger partial charge in [0.25, 0.3) is 9.84 Å². The summed E-state index contributed by atoms with van der Waals surface area (Å²) in [6.45, 7) is 0.00519. The van der Waals surface area contributed by atoms with E-state index in [4.69, 9.17) is 0 Å². The van der Waals surface area contributed by atoms with Gasteiger partial charge in [0.2, 0.25) is 0 Å². The lowest BCUT2D eigenvalue weighted by Crippen LogP contribution is -2.24. The smallest absolute Gasteiger partial charge is 0.377 e. The van der Waals surface area contributed by atoms with Crippen molar-refractivity contribution < 1.29 is 21.6 Å². The molecule has 0 aliphatic rings. The SMILES string of the molecule is Cn1cnc(CNc2ccccc2S(=O)(=O)C(F)(F)F)n1. The fraction of sp³-hybridized carbons (Fsp3) is 0.273. The summed E-state index contributed by atoms with van der Waals surface area (Å²) >= 11 is 0. The standard InChI is InChI=1S/C11H11F3N4O2S/c1-18-7-16-10(17-18)6-15-8-4-2-3-5-9(8)21(19,20)11(12,13)14/h2-5,7,15H,6H2,1H3. The van der Waals surface area contributed by atoms with E-state index in [2.05, 4.69) is 15.4 Å². The third kappa shape index (κ3) is 3.15. The second-order valence-electron chi connectivity index (χ2n) is 4.13. The summed E-state index contributed by atoms with van der Waals surface area (Å²) in [5.41, 5.74) is -5.50. The Hall–Kier alpha value is -2.10. The quantitative estimate of drug-likeness (QED) is 0.928. The molecule has 1 aromatic carbocycles. The molecule has 0 spiro atoms. The van der Waals surface area contributed by atoms with Crippen LogP contribution in [0, 0.1) is 0 Å². The number of benzene rings is 1. The van der Waals surface area contributed by atoms with Crippen molar-refractivity contribution in [1.29, 1.82) is 0 Å². The average molecular weight is 320 g/mol. The molecule has 2 rings (SSSR count). The van der Waals surface area contributed by atoms with Crippen molar-refractivity contribution in [3.63, 3.8) is 0 Å². The van der Waals surface area contributed by atoms with Crippen molar-refractivity contribution in [2.45, 2.75) is 16.9 Å². The van der Waals surface area contributed by atoms with E-state index in [1.165, 1.54) is 29.2 Å². The van der Waals surface area contributed by atoms with Gasteiger partial charge < -0.3 is 5.32 Å². The van der Waals surface area contributed by atoms with Gasteiger partial charge in [0.05, 0.1) is 17.1 Å². The first-order valence-electron chi connectivity index (χ1n) is 5.70. The predicted octanol–water partition coefficient (Wildman–Crippen LogP) is 1.72. The lowest BCUT2D eigenvalue weighted by Gasteiger charge is -2.13. The summed E-state index contributed by atoms with van der Waals surface area (Å²) in [6.07, 6.45) is 1.43. The Morgan fingerprint density at radius 2 is 1.95 bits per heavy atom. The summed E-state index contributed by atoms with van der Waals surface area (Å²) in [7, 11) is -3.78. The Kier molecular flexibility index (Phi) is 3.90. The minimum Gasteiger partial charge on any atom is -0.377 e. The number of rotatable bonds is 4. The zero-order valence-corrected chi connectivity index (χ0v) is 11.6. The molecular formula is C11H11F3N4O2S. The topological polar surface area (TPSA) is 76.9 Å². The van der Waals surface area contributed by atoms with E-state index in [-0.39, 0.29) is 12.2 Å². The highest BCUT2D eigenvalue weighted by atomic mass is 32.2. The summed E-state index contributed by atoms with van der Waals surface area (Å²) in [6, 6.07) is 4.81. The van der Waals surface area contributed by atoms with Gasteiger partial charge in [0.1, 0.15) is 6.33 Å². The van der Waals surface area contributed by atoms with E-state index in [1.54, 1.807) is 7.05 Å². The Morgan fingerprint density at radius 3 is 2.52 bits per heavy atom. The zero-order valence-electron chi connectivity index (χ0n) is 10.8. The van der Waals surface area contributed by atoms with Crippen molar-refractivity contribution in [3.05, 3.63) is 36.4 Å². The normalized spacial score (nSPS) is 12.4.